The summed E-state index contributed by atoms with van der Waals surface area (Å²) in [6, 6.07) is 23.1. The first-order valence-corrected chi connectivity index (χ1v) is 12.0. The number of amides is 1. The van der Waals surface area contributed by atoms with E-state index in [2.05, 4.69) is 21.2 Å². The number of halogens is 1. The van der Waals surface area contributed by atoms with Gasteiger partial charge in [0.05, 0.1) is 17.1 Å². The van der Waals surface area contributed by atoms with Gasteiger partial charge >= 0.3 is 0 Å². The van der Waals surface area contributed by atoms with Gasteiger partial charge in [-0.25, -0.2) is 8.42 Å². The Morgan fingerprint density at radius 3 is 2.42 bits per heavy atom. The number of carbonyl (C=O) groups excluding carboxylic acids is 1. The van der Waals surface area contributed by atoms with E-state index in [9.17, 15) is 13.2 Å². The second-order valence-electron chi connectivity index (χ2n) is 7.09. The summed E-state index contributed by atoms with van der Waals surface area (Å²) in [5.74, 6) is 0.0130. The zero-order chi connectivity index (χ0) is 21.8. The molecule has 3 aromatic carbocycles. The molecule has 0 spiro atoms. The van der Waals surface area contributed by atoms with Crippen LogP contribution in [0.3, 0.4) is 0 Å². The minimum atomic E-state index is -3.87. The molecule has 1 atom stereocenters. The molecular weight excluding hydrogens is 480 g/mol. The van der Waals surface area contributed by atoms with Gasteiger partial charge in [0.15, 0.2) is 6.10 Å². The van der Waals surface area contributed by atoms with Crippen molar-refractivity contribution < 1.29 is 17.9 Å². The number of para-hydroxylation sites is 2. The fourth-order valence-corrected chi connectivity index (χ4v) is 5.13. The molecule has 4 rings (SSSR count). The van der Waals surface area contributed by atoms with Gasteiger partial charge in [-0.1, -0.05) is 58.4 Å². The summed E-state index contributed by atoms with van der Waals surface area (Å²) in [6.07, 6.45) is -0.271. The van der Waals surface area contributed by atoms with Crippen molar-refractivity contribution in [1.29, 1.82) is 0 Å². The highest BCUT2D eigenvalue weighted by Gasteiger charge is 2.37. The first-order chi connectivity index (χ1) is 14.9. The molecule has 8 heteroatoms. The number of hydrogen-bond donors (Lipinski definition) is 1. The van der Waals surface area contributed by atoms with Crippen LogP contribution in [-0.4, -0.2) is 33.5 Å². The van der Waals surface area contributed by atoms with Crippen LogP contribution < -0.4 is 14.4 Å². The minimum Gasteiger partial charge on any atom is -0.476 e. The van der Waals surface area contributed by atoms with Crippen molar-refractivity contribution in [2.24, 2.45) is 0 Å². The first-order valence-electron chi connectivity index (χ1n) is 9.81. The van der Waals surface area contributed by atoms with Crippen LogP contribution in [0.5, 0.6) is 5.75 Å². The number of sulfonamides is 1. The van der Waals surface area contributed by atoms with Crippen LogP contribution in [0.25, 0.3) is 0 Å². The molecule has 0 bridgehead atoms. The summed E-state index contributed by atoms with van der Waals surface area (Å²) in [5.41, 5.74) is 1.52. The van der Waals surface area contributed by atoms with E-state index in [1.54, 1.807) is 36.4 Å². The standard InChI is InChI=1S/C23H21BrN2O4S/c24-18-10-12-19(13-11-18)31(28,29)26-16-22(30-21-9-5-4-8-20(21)26)23(27)25-15-14-17-6-2-1-3-7-17/h1-13,22H,14-16H2,(H,25,27). The summed E-state index contributed by atoms with van der Waals surface area (Å²) >= 11 is 3.32. The number of nitrogens with zero attached hydrogens (tertiary/aromatic N) is 1. The zero-order valence-electron chi connectivity index (χ0n) is 16.6. The predicted molar refractivity (Wildman–Crippen MR) is 123 cm³/mol. The number of fused-ring (bicyclic) bond motifs is 1. The van der Waals surface area contributed by atoms with E-state index >= 15 is 0 Å². The van der Waals surface area contributed by atoms with Crippen LogP contribution in [-0.2, 0) is 21.2 Å². The molecule has 0 fully saturated rings. The van der Waals surface area contributed by atoms with Gasteiger partial charge < -0.3 is 10.1 Å². The average Bonchev–Trinajstić information content (AvgIpc) is 2.79. The van der Waals surface area contributed by atoms with Gasteiger partial charge in [0.1, 0.15) is 5.75 Å². The maximum atomic E-state index is 13.4. The molecule has 0 saturated carbocycles. The van der Waals surface area contributed by atoms with E-state index in [-0.39, 0.29) is 17.3 Å². The van der Waals surface area contributed by atoms with Crippen molar-refractivity contribution in [3.8, 4) is 5.75 Å². The Bertz CT molecular complexity index is 1170. The molecule has 0 saturated heterocycles. The third-order valence-corrected chi connectivity index (χ3v) is 7.31. The smallest absolute Gasteiger partial charge is 0.264 e. The van der Waals surface area contributed by atoms with Crippen molar-refractivity contribution in [2.75, 3.05) is 17.4 Å². The Morgan fingerprint density at radius 1 is 1.00 bits per heavy atom. The Kier molecular flexibility index (Phi) is 6.29. The van der Waals surface area contributed by atoms with Crippen molar-refractivity contribution >= 4 is 37.5 Å². The molecule has 1 amide bonds. The topological polar surface area (TPSA) is 75.7 Å². The molecule has 1 N–H and O–H groups in total. The molecule has 0 aliphatic carbocycles. The lowest BCUT2D eigenvalue weighted by Gasteiger charge is -2.34. The molecule has 31 heavy (non-hydrogen) atoms. The highest BCUT2D eigenvalue weighted by atomic mass is 79.9. The molecule has 3 aromatic rings. The van der Waals surface area contributed by atoms with E-state index in [0.29, 0.717) is 24.4 Å². The number of hydrogen-bond acceptors (Lipinski definition) is 4. The summed E-state index contributed by atoms with van der Waals surface area (Å²) in [5, 5.41) is 2.86. The third kappa shape index (κ3) is 4.75. The molecule has 1 aliphatic rings. The Balaban J connectivity index is 1.54. The lowest BCUT2D eigenvalue weighted by atomic mass is 10.1. The molecule has 0 aromatic heterocycles. The Morgan fingerprint density at radius 2 is 1.68 bits per heavy atom. The maximum absolute atomic E-state index is 13.4. The highest BCUT2D eigenvalue weighted by molar-refractivity contribution is 9.10. The van der Waals surface area contributed by atoms with Crippen LogP contribution >= 0.6 is 15.9 Å². The van der Waals surface area contributed by atoms with Crippen LogP contribution in [0.4, 0.5) is 5.69 Å². The monoisotopic (exact) mass is 500 g/mol. The quantitative estimate of drug-likeness (QED) is 0.558. The number of rotatable bonds is 6. The minimum absolute atomic E-state index is 0.105. The second-order valence-corrected chi connectivity index (χ2v) is 9.87. The van der Waals surface area contributed by atoms with Gasteiger partial charge in [-0.2, -0.15) is 0 Å². The van der Waals surface area contributed by atoms with Gasteiger partial charge in [-0.15, -0.1) is 0 Å². The van der Waals surface area contributed by atoms with Crippen LogP contribution in [0.2, 0.25) is 0 Å². The highest BCUT2D eigenvalue weighted by Crippen LogP contribution is 2.36. The second kappa shape index (κ2) is 9.11. The van der Waals surface area contributed by atoms with E-state index in [4.69, 9.17) is 4.74 Å². The van der Waals surface area contributed by atoms with Gasteiger partial charge in [0.25, 0.3) is 15.9 Å². The summed E-state index contributed by atoms with van der Waals surface area (Å²) in [7, 11) is -3.87. The molecule has 1 heterocycles. The van der Waals surface area contributed by atoms with E-state index < -0.39 is 16.1 Å². The van der Waals surface area contributed by atoms with Gasteiger partial charge in [0, 0.05) is 11.0 Å². The Hall–Kier alpha value is -2.84. The van der Waals surface area contributed by atoms with Crippen LogP contribution in [0.15, 0.2) is 88.2 Å². The van der Waals surface area contributed by atoms with Crippen molar-refractivity contribution in [3.63, 3.8) is 0 Å². The van der Waals surface area contributed by atoms with E-state index in [1.165, 1.54) is 16.4 Å². The Labute approximate surface area is 190 Å². The van der Waals surface area contributed by atoms with Gasteiger partial charge in [-0.3, -0.25) is 9.10 Å². The normalized spacial score (nSPS) is 15.6. The van der Waals surface area contributed by atoms with Crippen molar-refractivity contribution in [1.82, 2.24) is 5.32 Å². The molecule has 160 valence electrons. The predicted octanol–water partition coefficient (Wildman–Crippen LogP) is 3.76. The number of nitrogens with one attached hydrogen (secondary N) is 1. The lowest BCUT2D eigenvalue weighted by Crippen LogP contribution is -2.51. The maximum Gasteiger partial charge on any atom is 0.264 e. The average molecular weight is 501 g/mol. The number of carbonyl (C=O) groups is 1. The number of ether oxygens (including phenoxy) is 1. The first kappa shape index (κ1) is 21.4. The van der Waals surface area contributed by atoms with Crippen LogP contribution in [0.1, 0.15) is 5.56 Å². The fraction of sp³-hybridized carbons (Fsp3) is 0.174. The zero-order valence-corrected chi connectivity index (χ0v) is 19.0. The lowest BCUT2D eigenvalue weighted by molar-refractivity contribution is -0.127. The molecule has 6 nitrogen and oxygen atoms in total. The molecule has 0 radical (unpaired) electrons. The fourth-order valence-electron chi connectivity index (χ4n) is 3.39. The number of benzene rings is 3. The van der Waals surface area contributed by atoms with Gasteiger partial charge in [-0.05, 0) is 48.4 Å². The summed E-state index contributed by atoms with van der Waals surface area (Å²) in [4.78, 5) is 12.9. The third-order valence-electron chi connectivity index (χ3n) is 4.98. The molecule has 1 aliphatic heterocycles. The van der Waals surface area contributed by atoms with Crippen molar-refractivity contribution in [3.05, 3.63) is 88.9 Å². The molecular formula is C23H21BrN2O4S. The SMILES string of the molecule is O=C(NCCc1ccccc1)C1CN(S(=O)(=O)c2ccc(Br)cc2)c2ccccc2O1. The number of anilines is 1. The van der Waals surface area contributed by atoms with E-state index in [1.807, 2.05) is 30.3 Å². The molecule has 1 unspecified atom stereocenters. The van der Waals surface area contributed by atoms with Crippen molar-refractivity contribution in [2.45, 2.75) is 17.4 Å². The summed E-state index contributed by atoms with van der Waals surface area (Å²) in [6.45, 7) is 0.330. The van der Waals surface area contributed by atoms with Crippen LogP contribution in [0, 0.1) is 0 Å². The van der Waals surface area contributed by atoms with Gasteiger partial charge in [0.2, 0.25) is 0 Å². The summed E-state index contributed by atoms with van der Waals surface area (Å²) < 4.78 is 34.6. The van der Waals surface area contributed by atoms with E-state index in [0.717, 1.165) is 10.0 Å². The largest absolute Gasteiger partial charge is 0.476 e.